The monoisotopic (exact) mass is 440 g/mol. The van der Waals surface area contributed by atoms with Crippen molar-refractivity contribution in [3.8, 4) is 11.5 Å². The molecule has 0 aliphatic carbocycles. The number of piperazine rings is 1. The number of nitrogens with zero attached hydrogens (tertiary/aromatic N) is 2. The highest BCUT2D eigenvalue weighted by Crippen LogP contribution is 2.25. The lowest BCUT2D eigenvalue weighted by molar-refractivity contribution is 0.0570. The van der Waals surface area contributed by atoms with Gasteiger partial charge in [0.1, 0.15) is 18.1 Å². The fourth-order valence-electron chi connectivity index (χ4n) is 3.79. The van der Waals surface area contributed by atoms with Crippen molar-refractivity contribution >= 4 is 12.0 Å². The van der Waals surface area contributed by atoms with Crippen LogP contribution in [0.25, 0.3) is 0 Å². The molecule has 1 aliphatic heterocycles. The van der Waals surface area contributed by atoms with E-state index in [0.717, 1.165) is 22.4 Å². The molecule has 1 heterocycles. The predicted molar refractivity (Wildman–Crippen MR) is 122 cm³/mol. The summed E-state index contributed by atoms with van der Waals surface area (Å²) in [6.45, 7) is 10.8. The molecule has 0 radical (unpaired) electrons. The first-order valence-electron chi connectivity index (χ1n) is 11.1. The van der Waals surface area contributed by atoms with Gasteiger partial charge in [0.15, 0.2) is 0 Å². The van der Waals surface area contributed by atoms with Crippen molar-refractivity contribution in [1.29, 1.82) is 0 Å². The molecule has 0 spiro atoms. The van der Waals surface area contributed by atoms with Crippen LogP contribution in [0.1, 0.15) is 40.9 Å². The minimum absolute atomic E-state index is 0.0655. The van der Waals surface area contributed by atoms with E-state index in [1.807, 2.05) is 45.0 Å². The number of carbonyl (C=O) groups is 2. The second kappa shape index (κ2) is 10.9. The van der Waals surface area contributed by atoms with Gasteiger partial charge in [0.25, 0.3) is 5.91 Å². The first-order chi connectivity index (χ1) is 15.4. The molecule has 0 N–H and O–H groups in total. The Morgan fingerprint density at radius 1 is 0.844 bits per heavy atom. The Hall–Kier alpha value is -3.22. The zero-order chi connectivity index (χ0) is 23.1. The van der Waals surface area contributed by atoms with Gasteiger partial charge in [-0.05, 0) is 69.2 Å². The Morgan fingerprint density at radius 2 is 1.50 bits per heavy atom. The maximum Gasteiger partial charge on any atom is 0.409 e. The standard InChI is InChI=1S/C25H32N2O5/c1-5-30-23-8-7-20(16-21(23)17-32-22-14-18(3)13-19(4)15-22)24(28)26-9-11-27(12-10-26)25(29)31-6-2/h7-8,13-16H,5-6,9-12,17H2,1-4H3. The summed E-state index contributed by atoms with van der Waals surface area (Å²) in [5.41, 5.74) is 3.67. The Labute approximate surface area is 189 Å². The van der Waals surface area contributed by atoms with Gasteiger partial charge in [-0.3, -0.25) is 4.79 Å². The summed E-state index contributed by atoms with van der Waals surface area (Å²) in [6.07, 6.45) is -0.327. The first kappa shape index (κ1) is 23.4. The second-order valence-corrected chi connectivity index (χ2v) is 7.85. The molecule has 0 atom stereocenters. The van der Waals surface area contributed by atoms with Crippen molar-refractivity contribution in [2.45, 2.75) is 34.3 Å². The molecule has 2 amide bonds. The third kappa shape index (κ3) is 5.93. The van der Waals surface area contributed by atoms with Crippen molar-refractivity contribution in [2.24, 2.45) is 0 Å². The normalized spacial score (nSPS) is 13.6. The fourth-order valence-corrected chi connectivity index (χ4v) is 3.79. The van der Waals surface area contributed by atoms with Crippen molar-refractivity contribution in [1.82, 2.24) is 9.80 Å². The molecular formula is C25H32N2O5. The molecule has 1 fully saturated rings. The lowest BCUT2D eigenvalue weighted by Gasteiger charge is -2.34. The molecule has 1 aliphatic rings. The van der Waals surface area contributed by atoms with Gasteiger partial charge in [-0.15, -0.1) is 0 Å². The molecule has 2 aromatic carbocycles. The maximum absolute atomic E-state index is 13.1. The van der Waals surface area contributed by atoms with Crippen LogP contribution in [-0.2, 0) is 11.3 Å². The van der Waals surface area contributed by atoms with Gasteiger partial charge in [-0.2, -0.15) is 0 Å². The minimum Gasteiger partial charge on any atom is -0.493 e. The smallest absolute Gasteiger partial charge is 0.409 e. The molecule has 0 bridgehead atoms. The topological polar surface area (TPSA) is 68.3 Å². The number of hydrogen-bond acceptors (Lipinski definition) is 5. The third-order valence-corrected chi connectivity index (χ3v) is 5.29. The SMILES string of the molecule is CCOC(=O)N1CCN(C(=O)c2ccc(OCC)c(COc3cc(C)cc(C)c3)c2)CC1. The van der Waals surface area contributed by atoms with Gasteiger partial charge >= 0.3 is 6.09 Å². The predicted octanol–water partition coefficient (Wildman–Crippen LogP) is 4.20. The third-order valence-electron chi connectivity index (χ3n) is 5.29. The Balaban J connectivity index is 1.70. The first-order valence-corrected chi connectivity index (χ1v) is 11.1. The zero-order valence-corrected chi connectivity index (χ0v) is 19.3. The van der Waals surface area contributed by atoms with Crippen LogP contribution in [-0.4, -0.2) is 61.2 Å². The van der Waals surface area contributed by atoms with Gasteiger partial charge in [0.2, 0.25) is 0 Å². The van der Waals surface area contributed by atoms with Crippen LogP contribution in [0.5, 0.6) is 11.5 Å². The largest absolute Gasteiger partial charge is 0.493 e. The van der Waals surface area contributed by atoms with Crippen LogP contribution < -0.4 is 9.47 Å². The van der Waals surface area contributed by atoms with E-state index in [4.69, 9.17) is 14.2 Å². The van der Waals surface area contributed by atoms with Gasteiger partial charge in [-0.25, -0.2) is 4.79 Å². The number of amides is 2. The van der Waals surface area contributed by atoms with Crippen molar-refractivity contribution < 1.29 is 23.8 Å². The van der Waals surface area contributed by atoms with Crippen LogP contribution in [0.2, 0.25) is 0 Å². The van der Waals surface area contributed by atoms with E-state index >= 15 is 0 Å². The quantitative estimate of drug-likeness (QED) is 0.646. The second-order valence-electron chi connectivity index (χ2n) is 7.85. The molecule has 7 nitrogen and oxygen atoms in total. The number of benzene rings is 2. The Kier molecular flexibility index (Phi) is 7.98. The molecule has 1 saturated heterocycles. The van der Waals surface area contributed by atoms with E-state index in [2.05, 4.69) is 6.07 Å². The van der Waals surface area contributed by atoms with Crippen LogP contribution in [0.15, 0.2) is 36.4 Å². The summed E-state index contributed by atoms with van der Waals surface area (Å²) in [4.78, 5) is 28.4. The number of rotatable bonds is 7. The van der Waals surface area contributed by atoms with E-state index in [9.17, 15) is 9.59 Å². The molecule has 0 saturated carbocycles. The van der Waals surface area contributed by atoms with E-state index < -0.39 is 0 Å². The fraction of sp³-hybridized carbons (Fsp3) is 0.440. The minimum atomic E-state index is -0.327. The highest BCUT2D eigenvalue weighted by atomic mass is 16.6. The van der Waals surface area contributed by atoms with E-state index in [1.54, 1.807) is 22.8 Å². The molecule has 3 rings (SSSR count). The zero-order valence-electron chi connectivity index (χ0n) is 19.3. The molecule has 32 heavy (non-hydrogen) atoms. The summed E-state index contributed by atoms with van der Waals surface area (Å²) in [6, 6.07) is 11.5. The Morgan fingerprint density at radius 3 is 2.12 bits per heavy atom. The number of ether oxygens (including phenoxy) is 3. The molecule has 7 heteroatoms. The number of aryl methyl sites for hydroxylation is 2. The summed E-state index contributed by atoms with van der Waals surface area (Å²) in [7, 11) is 0. The van der Waals surface area contributed by atoms with Crippen LogP contribution in [0.3, 0.4) is 0 Å². The summed E-state index contributed by atoms with van der Waals surface area (Å²) in [5, 5.41) is 0. The number of carbonyl (C=O) groups excluding carboxylic acids is 2. The van der Waals surface area contributed by atoms with Gasteiger partial charge in [-0.1, -0.05) is 6.07 Å². The molecule has 0 aromatic heterocycles. The van der Waals surface area contributed by atoms with Crippen LogP contribution >= 0.6 is 0 Å². The lowest BCUT2D eigenvalue weighted by Crippen LogP contribution is -2.50. The van der Waals surface area contributed by atoms with Crippen molar-refractivity contribution in [3.63, 3.8) is 0 Å². The van der Waals surface area contributed by atoms with Gasteiger partial charge in [0.05, 0.1) is 13.2 Å². The highest BCUT2D eigenvalue weighted by molar-refractivity contribution is 5.94. The van der Waals surface area contributed by atoms with Crippen molar-refractivity contribution in [3.05, 3.63) is 58.7 Å². The van der Waals surface area contributed by atoms with Crippen LogP contribution in [0, 0.1) is 13.8 Å². The maximum atomic E-state index is 13.1. The highest BCUT2D eigenvalue weighted by Gasteiger charge is 2.26. The average Bonchev–Trinajstić information content (AvgIpc) is 2.78. The summed E-state index contributed by atoms with van der Waals surface area (Å²) >= 11 is 0. The molecule has 0 unspecified atom stereocenters. The molecular weight excluding hydrogens is 408 g/mol. The van der Waals surface area contributed by atoms with Crippen LogP contribution in [0.4, 0.5) is 4.79 Å². The van der Waals surface area contributed by atoms with Gasteiger partial charge < -0.3 is 24.0 Å². The molecule has 172 valence electrons. The summed E-state index contributed by atoms with van der Waals surface area (Å²) in [5.74, 6) is 1.43. The van der Waals surface area contributed by atoms with E-state index in [1.165, 1.54) is 0 Å². The van der Waals surface area contributed by atoms with E-state index in [0.29, 0.717) is 57.3 Å². The lowest BCUT2D eigenvalue weighted by atomic mass is 10.1. The number of hydrogen-bond donors (Lipinski definition) is 0. The summed E-state index contributed by atoms with van der Waals surface area (Å²) < 4.78 is 16.8. The van der Waals surface area contributed by atoms with E-state index in [-0.39, 0.29) is 12.0 Å². The van der Waals surface area contributed by atoms with Crippen molar-refractivity contribution in [2.75, 3.05) is 39.4 Å². The average molecular weight is 441 g/mol. The Bertz CT molecular complexity index is 931. The molecule has 2 aromatic rings. The van der Waals surface area contributed by atoms with Gasteiger partial charge in [0, 0.05) is 37.3 Å².